The van der Waals surface area contributed by atoms with E-state index in [0.29, 0.717) is 0 Å². The smallest absolute Gasteiger partial charge is 0.234 e. The van der Waals surface area contributed by atoms with Gasteiger partial charge in [0.2, 0.25) is 5.91 Å². The van der Waals surface area contributed by atoms with Crippen LogP contribution >= 0.6 is 0 Å². The van der Waals surface area contributed by atoms with E-state index in [-0.39, 0.29) is 11.8 Å². The number of nitrogens with zero attached hydrogens (tertiary/aromatic N) is 1. The second-order valence-electron chi connectivity index (χ2n) is 5.69. The minimum atomic E-state index is 0.203. The second-order valence-corrected chi connectivity index (χ2v) is 5.69. The quantitative estimate of drug-likeness (QED) is 0.627. The van der Waals surface area contributed by atoms with E-state index in [2.05, 4.69) is 24.3 Å². The van der Waals surface area contributed by atoms with Crippen LogP contribution in [0, 0.1) is 5.92 Å². The predicted octanol–water partition coefficient (Wildman–Crippen LogP) is 4.62. The Morgan fingerprint density at radius 2 is 1.35 bits per heavy atom. The van der Waals surface area contributed by atoms with E-state index in [4.69, 9.17) is 0 Å². The number of carbonyl (C=O) groups is 1. The molecule has 1 fully saturated rings. The first-order chi connectivity index (χ1) is 9.86. The molecule has 0 spiro atoms. The number of aromatic nitrogens is 1. The van der Waals surface area contributed by atoms with Gasteiger partial charge >= 0.3 is 0 Å². The third kappa shape index (κ3) is 1.61. The molecule has 0 radical (unpaired) electrons. The lowest BCUT2D eigenvalue weighted by Gasteiger charge is -2.11. The standard InChI is InChI=1S/C18H17NO/c20-18(13-7-1-2-8-13)19-16-11-5-3-9-14(16)15-10-4-6-12-17(15)19/h3-6,9-13H,1-2,7-8H2. The van der Waals surface area contributed by atoms with Crippen LogP contribution < -0.4 is 0 Å². The zero-order valence-corrected chi connectivity index (χ0v) is 11.4. The monoisotopic (exact) mass is 263 g/mol. The second kappa shape index (κ2) is 4.48. The van der Waals surface area contributed by atoms with Gasteiger partial charge in [0.1, 0.15) is 0 Å². The summed E-state index contributed by atoms with van der Waals surface area (Å²) in [7, 11) is 0. The first-order valence-electron chi connectivity index (χ1n) is 7.38. The highest BCUT2D eigenvalue weighted by atomic mass is 16.2. The van der Waals surface area contributed by atoms with Gasteiger partial charge in [-0.05, 0) is 25.0 Å². The van der Waals surface area contributed by atoms with Crippen molar-refractivity contribution in [3.8, 4) is 0 Å². The van der Waals surface area contributed by atoms with Crippen molar-refractivity contribution in [2.45, 2.75) is 25.7 Å². The predicted molar refractivity (Wildman–Crippen MR) is 82.0 cm³/mol. The Balaban J connectivity index is 2.02. The molecule has 0 bridgehead atoms. The lowest BCUT2D eigenvalue weighted by atomic mass is 10.1. The lowest BCUT2D eigenvalue weighted by molar-refractivity contribution is 0.0848. The van der Waals surface area contributed by atoms with Crippen LogP contribution in [0.2, 0.25) is 0 Å². The maximum atomic E-state index is 12.9. The molecule has 0 N–H and O–H groups in total. The molecule has 2 heteroatoms. The van der Waals surface area contributed by atoms with Crippen molar-refractivity contribution in [2.75, 3.05) is 0 Å². The molecular formula is C18H17NO. The van der Waals surface area contributed by atoms with E-state index >= 15 is 0 Å². The van der Waals surface area contributed by atoms with Crippen LogP contribution in [0.4, 0.5) is 0 Å². The maximum absolute atomic E-state index is 12.9. The van der Waals surface area contributed by atoms with Crippen molar-refractivity contribution in [1.82, 2.24) is 4.57 Å². The van der Waals surface area contributed by atoms with Gasteiger partial charge in [-0.25, -0.2) is 0 Å². The van der Waals surface area contributed by atoms with Crippen molar-refractivity contribution in [3.05, 3.63) is 48.5 Å². The molecular weight excluding hydrogens is 246 g/mol. The zero-order chi connectivity index (χ0) is 13.5. The number of benzene rings is 2. The molecule has 4 rings (SSSR count). The minimum absolute atomic E-state index is 0.203. The molecule has 0 atom stereocenters. The maximum Gasteiger partial charge on any atom is 0.234 e. The van der Waals surface area contributed by atoms with E-state index in [0.717, 1.165) is 23.9 Å². The van der Waals surface area contributed by atoms with Crippen LogP contribution in [-0.4, -0.2) is 10.5 Å². The van der Waals surface area contributed by atoms with Crippen molar-refractivity contribution in [2.24, 2.45) is 5.92 Å². The summed E-state index contributed by atoms with van der Waals surface area (Å²) in [6.07, 6.45) is 4.46. The molecule has 0 aliphatic heterocycles. The first-order valence-corrected chi connectivity index (χ1v) is 7.38. The van der Waals surface area contributed by atoms with Crippen molar-refractivity contribution < 1.29 is 4.79 Å². The molecule has 1 saturated carbocycles. The van der Waals surface area contributed by atoms with Gasteiger partial charge in [-0.2, -0.15) is 0 Å². The molecule has 1 aromatic heterocycles. The first kappa shape index (κ1) is 11.7. The van der Waals surface area contributed by atoms with Crippen LogP contribution in [0.1, 0.15) is 30.5 Å². The van der Waals surface area contributed by atoms with Crippen LogP contribution in [0.5, 0.6) is 0 Å². The molecule has 2 nitrogen and oxygen atoms in total. The Bertz CT molecular complexity index is 740. The molecule has 2 aromatic carbocycles. The highest BCUT2D eigenvalue weighted by molar-refractivity contribution is 6.13. The number of carbonyl (C=O) groups excluding carboxylic acids is 1. The van der Waals surface area contributed by atoms with E-state index in [1.54, 1.807) is 0 Å². The number of hydrogen-bond acceptors (Lipinski definition) is 1. The highest BCUT2D eigenvalue weighted by Crippen LogP contribution is 2.33. The molecule has 3 aromatic rings. The summed E-state index contributed by atoms with van der Waals surface area (Å²) < 4.78 is 1.95. The summed E-state index contributed by atoms with van der Waals surface area (Å²) in [5, 5.41) is 2.35. The molecule has 1 aliphatic carbocycles. The zero-order valence-electron chi connectivity index (χ0n) is 11.4. The Morgan fingerprint density at radius 3 is 1.90 bits per heavy atom. The van der Waals surface area contributed by atoms with Crippen LogP contribution in [0.3, 0.4) is 0 Å². The van der Waals surface area contributed by atoms with Gasteiger partial charge in [0.15, 0.2) is 0 Å². The summed E-state index contributed by atoms with van der Waals surface area (Å²) in [6, 6.07) is 16.4. The van der Waals surface area contributed by atoms with Crippen LogP contribution in [-0.2, 0) is 0 Å². The van der Waals surface area contributed by atoms with Gasteiger partial charge in [-0.1, -0.05) is 49.2 Å². The van der Waals surface area contributed by atoms with Gasteiger partial charge in [0, 0.05) is 16.7 Å². The molecule has 0 unspecified atom stereocenters. The van der Waals surface area contributed by atoms with Crippen molar-refractivity contribution >= 4 is 27.7 Å². The minimum Gasteiger partial charge on any atom is -0.280 e. The van der Waals surface area contributed by atoms with Gasteiger partial charge in [-0.3, -0.25) is 9.36 Å². The van der Waals surface area contributed by atoms with Crippen molar-refractivity contribution in [1.29, 1.82) is 0 Å². The molecule has 0 amide bonds. The highest BCUT2D eigenvalue weighted by Gasteiger charge is 2.26. The van der Waals surface area contributed by atoms with E-state index < -0.39 is 0 Å². The summed E-state index contributed by atoms with van der Waals surface area (Å²) >= 11 is 0. The van der Waals surface area contributed by atoms with Gasteiger partial charge in [-0.15, -0.1) is 0 Å². The molecule has 20 heavy (non-hydrogen) atoms. The van der Waals surface area contributed by atoms with Gasteiger partial charge in [0.05, 0.1) is 11.0 Å². The van der Waals surface area contributed by atoms with Crippen molar-refractivity contribution in [3.63, 3.8) is 0 Å². The Labute approximate surface area is 118 Å². The Morgan fingerprint density at radius 1 is 0.850 bits per heavy atom. The van der Waals surface area contributed by atoms with E-state index in [1.807, 2.05) is 28.8 Å². The molecule has 100 valence electrons. The average Bonchev–Trinajstić information content (AvgIpc) is 3.13. The van der Waals surface area contributed by atoms with E-state index in [9.17, 15) is 4.79 Å². The van der Waals surface area contributed by atoms with Gasteiger partial charge < -0.3 is 0 Å². The summed E-state index contributed by atoms with van der Waals surface area (Å²) in [5.41, 5.74) is 2.09. The van der Waals surface area contributed by atoms with Gasteiger partial charge in [0.25, 0.3) is 0 Å². The SMILES string of the molecule is O=C(C1CCCC1)n1c2ccccc2c2ccccc21. The van der Waals surface area contributed by atoms with E-state index in [1.165, 1.54) is 23.6 Å². The molecule has 1 heterocycles. The fraction of sp³-hybridized carbons (Fsp3) is 0.278. The number of fused-ring (bicyclic) bond motifs is 3. The summed E-state index contributed by atoms with van der Waals surface area (Å²) in [5.74, 6) is 0.481. The topological polar surface area (TPSA) is 22.0 Å². The summed E-state index contributed by atoms with van der Waals surface area (Å²) in [4.78, 5) is 12.9. The molecule has 1 aliphatic rings. The summed E-state index contributed by atoms with van der Waals surface area (Å²) in [6.45, 7) is 0. The number of rotatable bonds is 1. The van der Waals surface area contributed by atoms with Crippen LogP contribution in [0.15, 0.2) is 48.5 Å². The van der Waals surface area contributed by atoms with Crippen LogP contribution in [0.25, 0.3) is 21.8 Å². The Kier molecular flexibility index (Phi) is 2.62. The Hall–Kier alpha value is -2.09. The fourth-order valence-electron chi connectivity index (χ4n) is 3.52. The normalized spacial score (nSPS) is 16.2. The largest absolute Gasteiger partial charge is 0.280 e. The average molecular weight is 263 g/mol. The fourth-order valence-corrected chi connectivity index (χ4v) is 3.52. The number of hydrogen-bond donors (Lipinski definition) is 0. The third-order valence-electron chi connectivity index (χ3n) is 4.50. The third-order valence-corrected chi connectivity index (χ3v) is 4.50. The number of para-hydroxylation sites is 2. The molecule has 0 saturated heterocycles. The lowest BCUT2D eigenvalue weighted by Crippen LogP contribution is -2.18.